The first-order valence-corrected chi connectivity index (χ1v) is 5.93. The van der Waals surface area contributed by atoms with E-state index in [1.54, 1.807) is 30.5 Å². The lowest BCUT2D eigenvalue weighted by Gasteiger charge is -2.12. The van der Waals surface area contributed by atoms with Gasteiger partial charge in [0.25, 0.3) is 0 Å². The predicted octanol–water partition coefficient (Wildman–Crippen LogP) is 3.15. The summed E-state index contributed by atoms with van der Waals surface area (Å²) >= 11 is 5.80. The van der Waals surface area contributed by atoms with Crippen molar-refractivity contribution in [2.45, 2.75) is 12.3 Å². The van der Waals surface area contributed by atoms with Gasteiger partial charge in [-0.1, -0.05) is 29.8 Å². The van der Waals surface area contributed by atoms with Crippen molar-refractivity contribution in [3.05, 3.63) is 64.9 Å². The Labute approximate surface area is 110 Å². The minimum absolute atomic E-state index is 0.373. The normalized spacial score (nSPS) is 12.1. The van der Waals surface area contributed by atoms with Crippen LogP contribution in [0.3, 0.4) is 0 Å². The van der Waals surface area contributed by atoms with Gasteiger partial charge < -0.3 is 5.11 Å². The van der Waals surface area contributed by atoms with E-state index in [2.05, 4.69) is 4.98 Å². The van der Waals surface area contributed by atoms with Crippen molar-refractivity contribution in [2.75, 3.05) is 0 Å². The number of aromatic nitrogens is 1. The molecule has 0 amide bonds. The molecule has 2 rings (SSSR count). The van der Waals surface area contributed by atoms with E-state index < -0.39 is 11.9 Å². The first-order valence-electron chi connectivity index (χ1n) is 5.55. The number of rotatable bonds is 4. The van der Waals surface area contributed by atoms with E-state index in [9.17, 15) is 9.90 Å². The number of benzene rings is 1. The summed E-state index contributed by atoms with van der Waals surface area (Å²) in [5.74, 6) is -1.46. The van der Waals surface area contributed by atoms with Gasteiger partial charge in [0.05, 0.1) is 5.92 Å². The summed E-state index contributed by atoms with van der Waals surface area (Å²) in [6.45, 7) is 0. The first-order chi connectivity index (χ1) is 8.66. The molecular formula is C14H12ClNO2. The smallest absolute Gasteiger partial charge is 0.311 e. The van der Waals surface area contributed by atoms with E-state index in [4.69, 9.17) is 11.6 Å². The van der Waals surface area contributed by atoms with Crippen molar-refractivity contribution in [3.63, 3.8) is 0 Å². The van der Waals surface area contributed by atoms with Crippen molar-refractivity contribution in [2.24, 2.45) is 0 Å². The summed E-state index contributed by atoms with van der Waals surface area (Å²) in [5.41, 5.74) is 1.50. The molecule has 0 saturated heterocycles. The Hall–Kier alpha value is -1.87. The van der Waals surface area contributed by atoms with Gasteiger partial charge in [0.1, 0.15) is 0 Å². The Morgan fingerprint density at radius 3 is 2.50 bits per heavy atom. The summed E-state index contributed by atoms with van der Waals surface area (Å²) in [4.78, 5) is 15.5. The summed E-state index contributed by atoms with van der Waals surface area (Å²) in [6, 6.07) is 12.4. The van der Waals surface area contributed by atoms with Crippen molar-refractivity contribution >= 4 is 17.6 Å². The Balaban J connectivity index is 2.24. The number of aliphatic carboxylic acids is 1. The van der Waals surface area contributed by atoms with Crippen molar-refractivity contribution in [3.8, 4) is 0 Å². The summed E-state index contributed by atoms with van der Waals surface area (Å²) in [6.07, 6.45) is 2.04. The number of hydrogen-bond acceptors (Lipinski definition) is 2. The number of hydrogen-bond donors (Lipinski definition) is 1. The van der Waals surface area contributed by atoms with E-state index in [0.29, 0.717) is 11.4 Å². The molecule has 0 aliphatic heterocycles. The summed E-state index contributed by atoms with van der Waals surface area (Å²) < 4.78 is 0. The third-order valence-corrected chi connectivity index (χ3v) is 2.96. The molecule has 4 heteroatoms. The quantitative estimate of drug-likeness (QED) is 0.920. The number of carbonyl (C=O) groups is 1. The number of pyridine rings is 1. The van der Waals surface area contributed by atoms with Gasteiger partial charge >= 0.3 is 5.97 Å². The molecule has 92 valence electrons. The minimum Gasteiger partial charge on any atom is -0.481 e. The van der Waals surface area contributed by atoms with E-state index >= 15 is 0 Å². The zero-order valence-corrected chi connectivity index (χ0v) is 10.3. The third-order valence-electron chi connectivity index (χ3n) is 2.71. The lowest BCUT2D eigenvalue weighted by atomic mass is 9.94. The lowest BCUT2D eigenvalue weighted by molar-refractivity contribution is -0.138. The number of nitrogens with zero attached hydrogens (tertiary/aromatic N) is 1. The molecule has 0 bridgehead atoms. The van der Waals surface area contributed by atoms with Crippen LogP contribution in [-0.4, -0.2) is 16.1 Å². The van der Waals surface area contributed by atoms with Crippen LogP contribution in [0, 0.1) is 0 Å². The van der Waals surface area contributed by atoms with Crippen LogP contribution in [0.5, 0.6) is 0 Å². The molecule has 1 N–H and O–H groups in total. The average molecular weight is 262 g/mol. The Bertz CT molecular complexity index is 525. The molecule has 18 heavy (non-hydrogen) atoms. The highest BCUT2D eigenvalue weighted by molar-refractivity contribution is 6.30. The predicted molar refractivity (Wildman–Crippen MR) is 69.8 cm³/mol. The highest BCUT2D eigenvalue weighted by atomic mass is 35.5. The van der Waals surface area contributed by atoms with Crippen LogP contribution in [0.1, 0.15) is 17.2 Å². The Morgan fingerprint density at radius 2 is 1.94 bits per heavy atom. The Morgan fingerprint density at radius 1 is 1.22 bits per heavy atom. The highest BCUT2D eigenvalue weighted by Gasteiger charge is 2.20. The maximum Gasteiger partial charge on any atom is 0.311 e. The maximum absolute atomic E-state index is 11.3. The van der Waals surface area contributed by atoms with Crippen molar-refractivity contribution < 1.29 is 9.90 Å². The van der Waals surface area contributed by atoms with E-state index in [0.717, 1.165) is 11.3 Å². The molecule has 1 aromatic heterocycles. The number of carboxylic acid groups (broad SMARTS) is 1. The maximum atomic E-state index is 11.3. The molecule has 0 fully saturated rings. The minimum atomic E-state index is -0.858. The van der Waals surface area contributed by atoms with Crippen LogP contribution in [0.15, 0.2) is 48.7 Å². The van der Waals surface area contributed by atoms with Gasteiger partial charge in [-0.15, -0.1) is 0 Å². The van der Waals surface area contributed by atoms with Gasteiger partial charge in [0.15, 0.2) is 0 Å². The van der Waals surface area contributed by atoms with Gasteiger partial charge in [-0.3, -0.25) is 9.78 Å². The van der Waals surface area contributed by atoms with Crippen LogP contribution in [-0.2, 0) is 11.2 Å². The first kappa shape index (κ1) is 12.6. The van der Waals surface area contributed by atoms with Gasteiger partial charge in [-0.25, -0.2) is 0 Å². The van der Waals surface area contributed by atoms with Crippen molar-refractivity contribution in [1.82, 2.24) is 4.98 Å². The highest BCUT2D eigenvalue weighted by Crippen LogP contribution is 2.22. The van der Waals surface area contributed by atoms with Gasteiger partial charge in [0, 0.05) is 23.3 Å². The zero-order chi connectivity index (χ0) is 13.0. The fourth-order valence-electron chi connectivity index (χ4n) is 1.77. The van der Waals surface area contributed by atoms with Gasteiger partial charge in [-0.2, -0.15) is 0 Å². The second-order valence-corrected chi connectivity index (χ2v) is 4.40. The molecule has 0 aliphatic carbocycles. The fraction of sp³-hybridized carbons (Fsp3) is 0.143. The molecule has 1 atom stereocenters. The molecule has 3 nitrogen and oxygen atoms in total. The summed E-state index contributed by atoms with van der Waals surface area (Å²) in [5, 5.41) is 9.89. The molecule has 1 aromatic carbocycles. The molecule has 0 aliphatic rings. The van der Waals surface area contributed by atoms with Crippen molar-refractivity contribution in [1.29, 1.82) is 0 Å². The monoisotopic (exact) mass is 261 g/mol. The third kappa shape index (κ3) is 3.08. The van der Waals surface area contributed by atoms with Crippen LogP contribution >= 0.6 is 11.6 Å². The second-order valence-electron chi connectivity index (χ2n) is 3.97. The molecular weight excluding hydrogens is 250 g/mol. The SMILES string of the molecule is O=C(O)[C@@H](Cc1ccccn1)c1ccc(Cl)cc1. The topological polar surface area (TPSA) is 50.2 Å². The number of halogens is 1. The van der Waals surface area contributed by atoms with E-state index in [1.807, 2.05) is 18.2 Å². The molecule has 0 radical (unpaired) electrons. The Kier molecular flexibility index (Phi) is 3.95. The fourth-order valence-corrected chi connectivity index (χ4v) is 1.90. The van der Waals surface area contributed by atoms with Gasteiger partial charge in [0.2, 0.25) is 0 Å². The van der Waals surface area contributed by atoms with Gasteiger partial charge in [-0.05, 0) is 29.8 Å². The van der Waals surface area contributed by atoms with Crippen LogP contribution in [0.4, 0.5) is 0 Å². The molecule has 1 heterocycles. The lowest BCUT2D eigenvalue weighted by Crippen LogP contribution is -2.15. The molecule has 0 saturated carbocycles. The molecule has 0 unspecified atom stereocenters. The second kappa shape index (κ2) is 5.65. The van der Waals surface area contributed by atoms with E-state index in [-0.39, 0.29) is 0 Å². The largest absolute Gasteiger partial charge is 0.481 e. The van der Waals surface area contributed by atoms with E-state index in [1.165, 1.54) is 0 Å². The van der Waals surface area contributed by atoms with Crippen LogP contribution in [0.2, 0.25) is 5.02 Å². The zero-order valence-electron chi connectivity index (χ0n) is 9.58. The standard InChI is InChI=1S/C14H12ClNO2/c15-11-6-4-10(5-7-11)13(14(17)18)9-12-3-1-2-8-16-12/h1-8,13H,9H2,(H,17,18)/t13-/m0/s1. The van der Waals surface area contributed by atoms with Crippen LogP contribution in [0.25, 0.3) is 0 Å². The molecule has 0 spiro atoms. The molecule has 2 aromatic rings. The average Bonchev–Trinajstić information content (AvgIpc) is 2.38. The summed E-state index contributed by atoms with van der Waals surface area (Å²) in [7, 11) is 0. The number of carboxylic acids is 1. The van der Waals surface area contributed by atoms with Crippen LogP contribution < -0.4 is 0 Å².